The molecule has 1 amide bonds. The minimum atomic E-state index is -0.381. The summed E-state index contributed by atoms with van der Waals surface area (Å²) in [6.45, 7) is 5.84. The van der Waals surface area contributed by atoms with Gasteiger partial charge in [0.05, 0.1) is 31.5 Å². The van der Waals surface area contributed by atoms with Crippen molar-refractivity contribution in [1.29, 1.82) is 0 Å². The van der Waals surface area contributed by atoms with E-state index in [1.54, 1.807) is 18.2 Å². The molecule has 2 aliphatic rings. The van der Waals surface area contributed by atoms with Crippen molar-refractivity contribution in [3.05, 3.63) is 70.7 Å². The van der Waals surface area contributed by atoms with Gasteiger partial charge in [0.25, 0.3) is 5.91 Å². The van der Waals surface area contributed by atoms with E-state index in [2.05, 4.69) is 9.47 Å². The summed E-state index contributed by atoms with van der Waals surface area (Å²) in [5.74, 6) is -0.772. The molecule has 0 atom stereocenters. The van der Waals surface area contributed by atoms with Gasteiger partial charge in [0.15, 0.2) is 0 Å². The summed E-state index contributed by atoms with van der Waals surface area (Å²) in [5.41, 5.74) is 3.85. The van der Waals surface area contributed by atoms with Gasteiger partial charge in [0.2, 0.25) is 0 Å². The maximum absolute atomic E-state index is 14.2. The van der Waals surface area contributed by atoms with Crippen LogP contribution in [0.15, 0.2) is 42.5 Å². The molecule has 3 heterocycles. The van der Waals surface area contributed by atoms with Crippen molar-refractivity contribution < 1.29 is 23.5 Å². The Bertz CT molecular complexity index is 1220. The highest BCUT2D eigenvalue weighted by Crippen LogP contribution is 2.32. The fourth-order valence-corrected chi connectivity index (χ4v) is 4.91. The number of amides is 1. The highest BCUT2D eigenvalue weighted by atomic mass is 19.1. The van der Waals surface area contributed by atoms with Gasteiger partial charge in [0, 0.05) is 62.3 Å². The Hall–Kier alpha value is -3.23. The number of rotatable bonds is 6. The topological polar surface area (TPSA) is 64.0 Å². The lowest BCUT2D eigenvalue weighted by Crippen LogP contribution is -2.45. The second-order valence-corrected chi connectivity index (χ2v) is 8.75. The maximum Gasteiger partial charge on any atom is 0.337 e. The van der Waals surface area contributed by atoms with Crippen molar-refractivity contribution in [1.82, 2.24) is 14.4 Å². The summed E-state index contributed by atoms with van der Waals surface area (Å²) in [6, 6.07) is 11.9. The molecule has 34 heavy (non-hydrogen) atoms. The second-order valence-electron chi connectivity index (χ2n) is 8.75. The van der Waals surface area contributed by atoms with Crippen LogP contribution in [0.5, 0.6) is 0 Å². The molecule has 2 aromatic carbocycles. The van der Waals surface area contributed by atoms with Crippen LogP contribution in [0.2, 0.25) is 0 Å². The largest absolute Gasteiger partial charge is 0.465 e. The first-order valence-corrected chi connectivity index (χ1v) is 11.6. The molecular formula is C26H28FN3O4. The number of morpholine rings is 1. The molecule has 8 heteroatoms. The number of halogens is 1. The third kappa shape index (κ3) is 4.31. The summed E-state index contributed by atoms with van der Waals surface area (Å²) in [4.78, 5) is 29.5. The smallest absolute Gasteiger partial charge is 0.337 e. The van der Waals surface area contributed by atoms with Crippen LogP contribution in [-0.4, -0.2) is 79.3 Å². The van der Waals surface area contributed by atoms with Gasteiger partial charge in [-0.3, -0.25) is 9.69 Å². The van der Waals surface area contributed by atoms with E-state index in [4.69, 9.17) is 9.47 Å². The van der Waals surface area contributed by atoms with Gasteiger partial charge < -0.3 is 18.9 Å². The molecule has 0 unspecified atom stereocenters. The lowest BCUT2D eigenvalue weighted by molar-refractivity contribution is 0.0322. The summed E-state index contributed by atoms with van der Waals surface area (Å²) < 4.78 is 26.5. The van der Waals surface area contributed by atoms with Crippen molar-refractivity contribution >= 4 is 22.8 Å². The van der Waals surface area contributed by atoms with Crippen LogP contribution < -0.4 is 0 Å². The number of carbonyl (C=O) groups is 2. The van der Waals surface area contributed by atoms with Gasteiger partial charge in [-0.05, 0) is 35.9 Å². The molecule has 0 saturated carbocycles. The summed E-state index contributed by atoms with van der Waals surface area (Å²) >= 11 is 0. The van der Waals surface area contributed by atoms with Gasteiger partial charge in [-0.25, -0.2) is 9.18 Å². The number of aromatic nitrogens is 1. The fourth-order valence-electron chi connectivity index (χ4n) is 4.91. The Morgan fingerprint density at radius 2 is 1.82 bits per heavy atom. The fraction of sp³-hybridized carbons (Fsp3) is 0.385. The average Bonchev–Trinajstić information content (AvgIpc) is 3.17. The van der Waals surface area contributed by atoms with Crippen molar-refractivity contribution in [2.45, 2.75) is 13.0 Å². The van der Waals surface area contributed by atoms with Crippen LogP contribution in [-0.2, 0) is 22.4 Å². The van der Waals surface area contributed by atoms with Gasteiger partial charge >= 0.3 is 5.97 Å². The third-order valence-electron chi connectivity index (χ3n) is 6.76. The Kier molecular flexibility index (Phi) is 6.34. The van der Waals surface area contributed by atoms with Crippen molar-refractivity contribution in [2.75, 3.05) is 53.0 Å². The standard InChI is InChI=1S/C26H28FN3O4/c1-33-26(32)19-4-2-18(3-5-19)17-30-22-7-6-20(27)16-21(22)24-23(30)8-9-29(25(24)31)11-10-28-12-14-34-15-13-28/h2-7,16H,8-15,17H2,1H3. The lowest BCUT2D eigenvalue weighted by Gasteiger charge is -2.32. The maximum atomic E-state index is 14.2. The molecule has 0 N–H and O–H groups in total. The molecule has 1 aromatic heterocycles. The number of ether oxygens (including phenoxy) is 2. The van der Waals surface area contributed by atoms with Crippen LogP contribution in [0.3, 0.4) is 0 Å². The second kappa shape index (κ2) is 9.56. The van der Waals surface area contributed by atoms with E-state index >= 15 is 0 Å². The number of esters is 1. The zero-order valence-corrected chi connectivity index (χ0v) is 19.3. The van der Waals surface area contributed by atoms with E-state index in [0.29, 0.717) is 42.6 Å². The molecule has 1 saturated heterocycles. The van der Waals surface area contributed by atoms with Crippen molar-refractivity contribution in [3.63, 3.8) is 0 Å². The minimum Gasteiger partial charge on any atom is -0.465 e. The summed E-state index contributed by atoms with van der Waals surface area (Å²) in [5, 5.41) is 0.655. The van der Waals surface area contributed by atoms with Gasteiger partial charge in [-0.1, -0.05) is 12.1 Å². The van der Waals surface area contributed by atoms with Gasteiger partial charge in [-0.2, -0.15) is 0 Å². The Morgan fingerprint density at radius 3 is 2.56 bits per heavy atom. The van der Waals surface area contributed by atoms with Crippen molar-refractivity contribution in [2.24, 2.45) is 0 Å². The van der Waals surface area contributed by atoms with E-state index in [1.165, 1.54) is 19.2 Å². The molecule has 0 bridgehead atoms. The number of hydrogen-bond acceptors (Lipinski definition) is 5. The number of carbonyl (C=O) groups excluding carboxylic acids is 2. The first-order valence-electron chi connectivity index (χ1n) is 11.6. The van der Waals surface area contributed by atoms with E-state index < -0.39 is 0 Å². The number of benzene rings is 2. The molecule has 178 valence electrons. The normalized spacial score (nSPS) is 16.6. The molecule has 0 spiro atoms. The number of methoxy groups -OCH3 is 1. The Labute approximate surface area is 197 Å². The molecule has 5 rings (SSSR count). The highest BCUT2D eigenvalue weighted by molar-refractivity contribution is 6.09. The van der Waals surface area contributed by atoms with Gasteiger partial charge in [-0.15, -0.1) is 0 Å². The third-order valence-corrected chi connectivity index (χ3v) is 6.76. The van der Waals surface area contributed by atoms with Crippen LogP contribution in [0.1, 0.15) is 32.0 Å². The molecule has 0 aliphatic carbocycles. The molecule has 1 fully saturated rings. The quantitative estimate of drug-likeness (QED) is 0.524. The molecule has 3 aromatic rings. The molecule has 0 radical (unpaired) electrons. The van der Waals surface area contributed by atoms with E-state index in [0.717, 1.165) is 49.6 Å². The predicted octanol–water partition coefficient (Wildman–Crippen LogP) is 2.95. The first kappa shape index (κ1) is 22.6. The van der Waals surface area contributed by atoms with E-state index in [-0.39, 0.29) is 17.7 Å². The lowest BCUT2D eigenvalue weighted by atomic mass is 10.0. The van der Waals surface area contributed by atoms with Crippen molar-refractivity contribution in [3.8, 4) is 0 Å². The van der Waals surface area contributed by atoms with E-state index in [9.17, 15) is 14.0 Å². The van der Waals surface area contributed by atoms with Crippen LogP contribution in [0.4, 0.5) is 4.39 Å². The zero-order chi connectivity index (χ0) is 23.7. The summed E-state index contributed by atoms with van der Waals surface area (Å²) in [7, 11) is 1.36. The average molecular weight is 466 g/mol. The number of hydrogen-bond donors (Lipinski definition) is 0. The minimum absolute atomic E-state index is 0.0371. The SMILES string of the molecule is COC(=O)c1ccc(Cn2c3c(c4cc(F)ccc42)C(=O)N(CCN2CCOCC2)CC3)cc1. The number of fused-ring (bicyclic) bond motifs is 3. The number of nitrogens with zero attached hydrogens (tertiary/aromatic N) is 3. The van der Waals surface area contributed by atoms with Crippen LogP contribution in [0, 0.1) is 5.82 Å². The van der Waals surface area contributed by atoms with E-state index in [1.807, 2.05) is 17.0 Å². The molecule has 7 nitrogen and oxygen atoms in total. The monoisotopic (exact) mass is 465 g/mol. The van der Waals surface area contributed by atoms with Gasteiger partial charge in [0.1, 0.15) is 5.82 Å². The van der Waals surface area contributed by atoms with Crippen LogP contribution in [0.25, 0.3) is 10.9 Å². The summed E-state index contributed by atoms with van der Waals surface area (Å²) in [6.07, 6.45) is 0.709. The molecule has 2 aliphatic heterocycles. The first-order chi connectivity index (χ1) is 16.5. The Morgan fingerprint density at radius 1 is 1.06 bits per heavy atom. The van der Waals surface area contributed by atoms with Crippen LogP contribution >= 0.6 is 0 Å². The zero-order valence-electron chi connectivity index (χ0n) is 19.3. The predicted molar refractivity (Wildman–Crippen MR) is 126 cm³/mol. The highest BCUT2D eigenvalue weighted by Gasteiger charge is 2.31. The Balaban J connectivity index is 1.43. The molecular weight excluding hydrogens is 437 g/mol.